The first-order valence-corrected chi connectivity index (χ1v) is 4.71. The van der Waals surface area contributed by atoms with Gasteiger partial charge in [0.05, 0.1) is 0 Å². The average Bonchev–Trinajstić information content (AvgIpc) is 2.12. The van der Waals surface area contributed by atoms with Crippen LogP contribution in [-0.2, 0) is 6.54 Å². The number of nitrogens with zero attached hydrogens (tertiary/aromatic N) is 2. The van der Waals surface area contributed by atoms with Crippen molar-refractivity contribution in [3.63, 3.8) is 0 Å². The normalized spacial score (nSPS) is 9.69. The minimum Gasteiger partial charge on any atom is -0.311 e. The number of aromatic nitrogens is 1. The maximum Gasteiger partial charge on any atom is 0.268 e. The summed E-state index contributed by atoms with van der Waals surface area (Å²) in [6, 6.07) is 3.43. The maximum atomic E-state index is 11.5. The Balaban J connectivity index is 3.61. The van der Waals surface area contributed by atoms with Crippen molar-refractivity contribution in [1.82, 2.24) is 4.57 Å². The minimum atomic E-state index is -0.217. The lowest BCUT2D eigenvalue weighted by Gasteiger charge is -2.08. The van der Waals surface area contributed by atoms with E-state index in [1.54, 1.807) is 10.6 Å². The minimum absolute atomic E-state index is 0.180. The Kier molecular flexibility index (Phi) is 2.89. The fourth-order valence-electron chi connectivity index (χ4n) is 1.18. The Morgan fingerprint density at radius 2 is 2.31 bits per heavy atom. The molecule has 3 nitrogen and oxygen atoms in total. The van der Waals surface area contributed by atoms with Crippen LogP contribution in [0.15, 0.2) is 15.3 Å². The van der Waals surface area contributed by atoms with Crippen molar-refractivity contribution < 1.29 is 0 Å². The summed E-state index contributed by atoms with van der Waals surface area (Å²) < 4.78 is 2.37. The molecular formula is C9H9BrN2O. The molecule has 1 aromatic heterocycles. The van der Waals surface area contributed by atoms with Gasteiger partial charge in [0.2, 0.25) is 0 Å². The predicted molar refractivity (Wildman–Crippen MR) is 53.5 cm³/mol. The lowest BCUT2D eigenvalue weighted by Crippen LogP contribution is -2.24. The number of nitriles is 1. The molecule has 0 unspecified atom stereocenters. The standard InChI is InChI=1S/C9H9BrN2O/c1-3-12-6(2)8(10)4-7(5-11)9(12)13/h4H,3H2,1-2H3. The zero-order valence-electron chi connectivity index (χ0n) is 7.47. The van der Waals surface area contributed by atoms with Crippen LogP contribution in [-0.4, -0.2) is 4.57 Å². The molecular weight excluding hydrogens is 232 g/mol. The highest BCUT2D eigenvalue weighted by molar-refractivity contribution is 9.10. The van der Waals surface area contributed by atoms with Crippen molar-refractivity contribution in [3.8, 4) is 6.07 Å². The van der Waals surface area contributed by atoms with E-state index in [4.69, 9.17) is 5.26 Å². The first-order valence-electron chi connectivity index (χ1n) is 3.91. The molecule has 0 aromatic carbocycles. The van der Waals surface area contributed by atoms with Gasteiger partial charge in [0.15, 0.2) is 0 Å². The summed E-state index contributed by atoms with van der Waals surface area (Å²) in [5, 5.41) is 8.67. The maximum absolute atomic E-state index is 11.5. The first-order chi connectivity index (χ1) is 6.11. The molecule has 0 saturated heterocycles. The summed E-state index contributed by atoms with van der Waals surface area (Å²) >= 11 is 3.30. The highest BCUT2D eigenvalue weighted by Crippen LogP contribution is 2.14. The molecule has 0 aliphatic heterocycles. The third-order valence-corrected chi connectivity index (χ3v) is 2.74. The van der Waals surface area contributed by atoms with Gasteiger partial charge < -0.3 is 4.57 Å². The van der Waals surface area contributed by atoms with E-state index >= 15 is 0 Å². The Labute approximate surface area is 84.7 Å². The highest BCUT2D eigenvalue weighted by atomic mass is 79.9. The van der Waals surface area contributed by atoms with Crippen LogP contribution < -0.4 is 5.56 Å². The molecule has 0 N–H and O–H groups in total. The van der Waals surface area contributed by atoms with Crippen LogP contribution in [0.25, 0.3) is 0 Å². The molecule has 0 spiro atoms. The summed E-state index contributed by atoms with van der Waals surface area (Å²) in [5.74, 6) is 0. The molecule has 1 heterocycles. The highest BCUT2D eigenvalue weighted by Gasteiger charge is 2.07. The van der Waals surface area contributed by atoms with Crippen molar-refractivity contribution >= 4 is 15.9 Å². The van der Waals surface area contributed by atoms with Gasteiger partial charge in [0.1, 0.15) is 11.6 Å². The quantitative estimate of drug-likeness (QED) is 0.752. The Morgan fingerprint density at radius 3 is 2.77 bits per heavy atom. The lowest BCUT2D eigenvalue weighted by molar-refractivity contribution is 0.694. The molecule has 0 saturated carbocycles. The van der Waals surface area contributed by atoms with Crippen LogP contribution in [0.3, 0.4) is 0 Å². The van der Waals surface area contributed by atoms with Crippen LogP contribution in [0, 0.1) is 18.3 Å². The second kappa shape index (κ2) is 3.75. The molecule has 68 valence electrons. The van der Waals surface area contributed by atoms with Gasteiger partial charge in [-0.1, -0.05) is 0 Å². The van der Waals surface area contributed by atoms with Crippen molar-refractivity contribution in [1.29, 1.82) is 5.26 Å². The Hall–Kier alpha value is -1.08. The van der Waals surface area contributed by atoms with Gasteiger partial charge in [-0.05, 0) is 35.8 Å². The molecule has 1 rings (SSSR count). The van der Waals surface area contributed by atoms with E-state index in [9.17, 15) is 4.79 Å². The van der Waals surface area contributed by atoms with Gasteiger partial charge in [-0.25, -0.2) is 0 Å². The molecule has 1 aromatic rings. The monoisotopic (exact) mass is 240 g/mol. The van der Waals surface area contributed by atoms with Gasteiger partial charge in [0, 0.05) is 16.7 Å². The average molecular weight is 241 g/mol. The Morgan fingerprint density at radius 1 is 1.69 bits per heavy atom. The summed E-state index contributed by atoms with van der Waals surface area (Å²) in [7, 11) is 0. The zero-order valence-corrected chi connectivity index (χ0v) is 9.05. The third kappa shape index (κ3) is 1.65. The van der Waals surface area contributed by atoms with Crippen molar-refractivity contribution in [2.45, 2.75) is 20.4 Å². The summed E-state index contributed by atoms with van der Waals surface area (Å²) in [5.41, 5.74) is 0.816. The lowest BCUT2D eigenvalue weighted by atomic mass is 10.2. The molecule has 0 atom stereocenters. The van der Waals surface area contributed by atoms with Crippen LogP contribution in [0.2, 0.25) is 0 Å². The van der Waals surface area contributed by atoms with E-state index in [2.05, 4.69) is 15.9 Å². The first kappa shape index (κ1) is 10.0. The van der Waals surface area contributed by atoms with Gasteiger partial charge in [-0.2, -0.15) is 5.26 Å². The second-order valence-electron chi connectivity index (χ2n) is 2.65. The van der Waals surface area contributed by atoms with E-state index in [-0.39, 0.29) is 11.1 Å². The summed E-state index contributed by atoms with van der Waals surface area (Å²) in [6.45, 7) is 4.30. The Bertz CT molecular complexity index is 428. The fraction of sp³-hybridized carbons (Fsp3) is 0.333. The molecule has 0 amide bonds. The zero-order chi connectivity index (χ0) is 10.0. The number of hydrogen-bond acceptors (Lipinski definition) is 2. The van der Waals surface area contributed by atoms with Crippen LogP contribution in [0.4, 0.5) is 0 Å². The van der Waals surface area contributed by atoms with Gasteiger partial charge in [-0.3, -0.25) is 4.79 Å². The number of halogens is 1. The summed E-state index contributed by atoms with van der Waals surface area (Å²) in [6.07, 6.45) is 0. The second-order valence-corrected chi connectivity index (χ2v) is 3.51. The van der Waals surface area contributed by atoms with E-state index < -0.39 is 0 Å². The molecule has 4 heteroatoms. The molecule has 0 bridgehead atoms. The molecule has 0 aliphatic carbocycles. The van der Waals surface area contributed by atoms with E-state index in [1.165, 1.54) is 0 Å². The SMILES string of the molecule is CCn1c(C)c(Br)cc(C#N)c1=O. The van der Waals surface area contributed by atoms with Gasteiger partial charge in [-0.15, -0.1) is 0 Å². The summed E-state index contributed by atoms with van der Waals surface area (Å²) in [4.78, 5) is 11.5. The van der Waals surface area contributed by atoms with E-state index in [0.717, 1.165) is 10.2 Å². The fourth-order valence-corrected chi connectivity index (χ4v) is 1.62. The predicted octanol–water partition coefficient (Wildman–Crippen LogP) is 1.81. The van der Waals surface area contributed by atoms with Gasteiger partial charge in [0.25, 0.3) is 5.56 Å². The van der Waals surface area contributed by atoms with Crippen molar-refractivity contribution in [3.05, 3.63) is 32.2 Å². The van der Waals surface area contributed by atoms with Crippen LogP contribution >= 0.6 is 15.9 Å². The molecule has 0 radical (unpaired) electrons. The van der Waals surface area contributed by atoms with Crippen LogP contribution in [0.1, 0.15) is 18.2 Å². The number of hydrogen-bond donors (Lipinski definition) is 0. The van der Waals surface area contributed by atoms with Crippen molar-refractivity contribution in [2.75, 3.05) is 0 Å². The van der Waals surface area contributed by atoms with Gasteiger partial charge >= 0.3 is 0 Å². The topological polar surface area (TPSA) is 45.8 Å². The molecule has 0 fully saturated rings. The van der Waals surface area contributed by atoms with Crippen molar-refractivity contribution in [2.24, 2.45) is 0 Å². The largest absolute Gasteiger partial charge is 0.311 e. The third-order valence-electron chi connectivity index (χ3n) is 1.93. The molecule has 13 heavy (non-hydrogen) atoms. The number of pyridine rings is 1. The smallest absolute Gasteiger partial charge is 0.268 e. The van der Waals surface area contributed by atoms with Crippen LogP contribution in [0.5, 0.6) is 0 Å². The van der Waals surface area contributed by atoms with E-state index in [0.29, 0.717) is 6.54 Å². The number of rotatable bonds is 1. The molecule has 0 aliphatic rings. The van der Waals surface area contributed by atoms with E-state index in [1.807, 2.05) is 19.9 Å².